The minimum Gasteiger partial charge on any atom is -0.495 e. The number of hydrogen-bond acceptors (Lipinski definition) is 4. The average molecular weight is 347 g/mol. The van der Waals surface area contributed by atoms with Crippen LogP contribution in [0.25, 0.3) is 0 Å². The van der Waals surface area contributed by atoms with Gasteiger partial charge in [0.25, 0.3) is 0 Å². The number of halogens is 1. The lowest BCUT2D eigenvalue weighted by Crippen LogP contribution is -2.43. The quantitative estimate of drug-likeness (QED) is 0.885. The Hall–Kier alpha value is -1.31. The second-order valence-corrected chi connectivity index (χ2v) is 7.65. The predicted molar refractivity (Wildman–Crippen MR) is 85.8 cm³/mol. The molecule has 1 aliphatic rings. The molecule has 22 heavy (non-hydrogen) atoms. The number of amides is 1. The molecule has 0 radical (unpaired) electrons. The highest BCUT2D eigenvalue weighted by Crippen LogP contribution is 2.29. The topological polar surface area (TPSA) is 75.7 Å². The van der Waals surface area contributed by atoms with Crippen LogP contribution in [0.5, 0.6) is 5.75 Å². The highest BCUT2D eigenvalue weighted by atomic mass is 35.5. The van der Waals surface area contributed by atoms with E-state index in [1.807, 2.05) is 0 Å². The van der Waals surface area contributed by atoms with Crippen molar-refractivity contribution in [1.82, 2.24) is 4.31 Å². The number of benzene rings is 1. The van der Waals surface area contributed by atoms with Gasteiger partial charge in [0.05, 0.1) is 18.6 Å². The summed E-state index contributed by atoms with van der Waals surface area (Å²) in [5.74, 6) is 0.0906. The summed E-state index contributed by atoms with van der Waals surface area (Å²) in [7, 11) is -1.90. The standard InChI is InChI=1S/C14H19ClN2O4S/c1-3-22(19,20)17-8-4-5-12(17)14(18)16-11-9-10(15)6-7-13(11)21-2/h6-7,9,12H,3-5,8H2,1-2H3,(H,16,18)/t12-/m1/s1. The lowest BCUT2D eigenvalue weighted by atomic mass is 10.2. The van der Waals surface area contributed by atoms with Crippen LogP contribution in [0.4, 0.5) is 5.69 Å². The van der Waals surface area contributed by atoms with Crippen molar-refractivity contribution in [3.05, 3.63) is 23.2 Å². The molecule has 1 aromatic rings. The molecule has 0 saturated carbocycles. The molecule has 0 aliphatic carbocycles. The van der Waals surface area contributed by atoms with Gasteiger partial charge in [0, 0.05) is 11.6 Å². The Morgan fingerprint density at radius 2 is 2.23 bits per heavy atom. The van der Waals surface area contributed by atoms with Gasteiger partial charge in [-0.1, -0.05) is 11.6 Å². The summed E-state index contributed by atoms with van der Waals surface area (Å²) >= 11 is 5.93. The van der Waals surface area contributed by atoms with Crippen molar-refractivity contribution in [3.63, 3.8) is 0 Å². The van der Waals surface area contributed by atoms with Gasteiger partial charge in [0.1, 0.15) is 11.8 Å². The highest BCUT2D eigenvalue weighted by molar-refractivity contribution is 7.89. The Balaban J connectivity index is 2.20. The molecule has 122 valence electrons. The molecule has 1 heterocycles. The first-order valence-electron chi connectivity index (χ1n) is 7.03. The fourth-order valence-electron chi connectivity index (χ4n) is 2.49. The summed E-state index contributed by atoms with van der Waals surface area (Å²) in [6.45, 7) is 1.95. The molecular weight excluding hydrogens is 328 g/mol. The third-order valence-corrected chi connectivity index (χ3v) is 5.76. The van der Waals surface area contributed by atoms with Crippen LogP contribution in [0.15, 0.2) is 18.2 Å². The number of ether oxygens (including phenoxy) is 1. The molecule has 1 saturated heterocycles. The van der Waals surface area contributed by atoms with Crippen molar-refractivity contribution in [3.8, 4) is 5.75 Å². The molecule has 1 N–H and O–H groups in total. The average Bonchev–Trinajstić information content (AvgIpc) is 2.98. The number of nitrogens with one attached hydrogen (secondary N) is 1. The zero-order valence-electron chi connectivity index (χ0n) is 12.5. The van der Waals surface area contributed by atoms with Gasteiger partial charge in [-0.25, -0.2) is 8.42 Å². The summed E-state index contributed by atoms with van der Waals surface area (Å²) in [6, 6.07) is 4.19. The molecule has 1 atom stereocenters. The Morgan fingerprint density at radius 1 is 1.50 bits per heavy atom. The van der Waals surface area contributed by atoms with Crippen LogP contribution in [0, 0.1) is 0 Å². The summed E-state index contributed by atoms with van der Waals surface area (Å²) in [6.07, 6.45) is 1.18. The van der Waals surface area contributed by atoms with Crippen LogP contribution < -0.4 is 10.1 Å². The van der Waals surface area contributed by atoms with Crippen molar-refractivity contribution in [2.45, 2.75) is 25.8 Å². The van der Waals surface area contributed by atoms with Crippen LogP contribution in [-0.2, 0) is 14.8 Å². The maximum absolute atomic E-state index is 12.5. The van der Waals surface area contributed by atoms with E-state index in [1.165, 1.54) is 11.4 Å². The first-order valence-corrected chi connectivity index (χ1v) is 9.01. The van der Waals surface area contributed by atoms with E-state index in [-0.39, 0.29) is 11.7 Å². The number of hydrogen-bond donors (Lipinski definition) is 1. The number of carbonyl (C=O) groups excluding carboxylic acids is 1. The van der Waals surface area contributed by atoms with E-state index in [0.717, 1.165) is 0 Å². The Labute approximate surface area is 135 Å². The summed E-state index contributed by atoms with van der Waals surface area (Å²) in [5, 5.41) is 3.17. The second-order valence-electron chi connectivity index (χ2n) is 5.00. The van der Waals surface area contributed by atoms with Crippen LogP contribution in [0.1, 0.15) is 19.8 Å². The monoisotopic (exact) mass is 346 g/mol. The van der Waals surface area contributed by atoms with Gasteiger partial charge in [0.15, 0.2) is 0 Å². The van der Waals surface area contributed by atoms with Crippen molar-refractivity contribution >= 4 is 33.2 Å². The maximum Gasteiger partial charge on any atom is 0.242 e. The van der Waals surface area contributed by atoms with Crippen molar-refractivity contribution in [1.29, 1.82) is 0 Å². The Kier molecular flexibility index (Phi) is 5.31. The predicted octanol–water partition coefficient (Wildman–Crippen LogP) is 2.10. The zero-order chi connectivity index (χ0) is 16.3. The minimum atomic E-state index is -3.39. The van der Waals surface area contributed by atoms with Gasteiger partial charge in [-0.3, -0.25) is 4.79 Å². The van der Waals surface area contributed by atoms with E-state index in [2.05, 4.69) is 5.32 Å². The minimum absolute atomic E-state index is 0.0166. The number of carbonyl (C=O) groups is 1. The normalized spacial score (nSPS) is 19.1. The molecule has 8 heteroatoms. The van der Waals surface area contributed by atoms with Crippen LogP contribution in [0.3, 0.4) is 0 Å². The smallest absolute Gasteiger partial charge is 0.242 e. The summed E-state index contributed by atoms with van der Waals surface area (Å²) < 4.78 is 30.5. The van der Waals surface area contributed by atoms with E-state index in [0.29, 0.717) is 35.8 Å². The fourth-order valence-corrected chi connectivity index (χ4v) is 3.99. The first-order chi connectivity index (χ1) is 10.4. The van der Waals surface area contributed by atoms with Gasteiger partial charge in [-0.05, 0) is 38.0 Å². The molecule has 0 aromatic heterocycles. The third kappa shape index (κ3) is 3.53. The number of rotatable bonds is 5. The molecule has 0 spiro atoms. The molecular formula is C14H19ClN2O4S. The largest absolute Gasteiger partial charge is 0.495 e. The highest BCUT2D eigenvalue weighted by Gasteiger charge is 2.37. The van der Waals surface area contributed by atoms with Gasteiger partial charge in [-0.2, -0.15) is 4.31 Å². The molecule has 2 rings (SSSR count). The lowest BCUT2D eigenvalue weighted by Gasteiger charge is -2.23. The van der Waals surface area contributed by atoms with Crippen molar-refractivity contribution < 1.29 is 17.9 Å². The van der Waals surface area contributed by atoms with E-state index in [9.17, 15) is 13.2 Å². The van der Waals surface area contributed by atoms with Crippen LogP contribution >= 0.6 is 11.6 Å². The van der Waals surface area contributed by atoms with Gasteiger partial charge in [-0.15, -0.1) is 0 Å². The Morgan fingerprint density at radius 3 is 2.86 bits per heavy atom. The van der Waals surface area contributed by atoms with Crippen molar-refractivity contribution in [2.24, 2.45) is 0 Å². The van der Waals surface area contributed by atoms with Gasteiger partial charge >= 0.3 is 0 Å². The van der Waals surface area contributed by atoms with E-state index in [1.54, 1.807) is 25.1 Å². The number of nitrogens with zero attached hydrogens (tertiary/aromatic N) is 1. The van der Waals surface area contributed by atoms with Crippen LogP contribution in [0.2, 0.25) is 5.02 Å². The second kappa shape index (κ2) is 6.85. The van der Waals surface area contributed by atoms with E-state index in [4.69, 9.17) is 16.3 Å². The SMILES string of the molecule is CCS(=O)(=O)N1CCC[C@@H]1C(=O)Nc1cc(Cl)ccc1OC. The molecule has 1 fully saturated rings. The molecule has 1 amide bonds. The van der Waals surface area contributed by atoms with E-state index >= 15 is 0 Å². The molecule has 1 aromatic carbocycles. The number of methoxy groups -OCH3 is 1. The Bertz CT molecular complexity index is 663. The van der Waals surface area contributed by atoms with E-state index < -0.39 is 16.1 Å². The summed E-state index contributed by atoms with van der Waals surface area (Å²) in [5.41, 5.74) is 0.431. The molecule has 0 unspecified atom stereocenters. The molecule has 1 aliphatic heterocycles. The maximum atomic E-state index is 12.5. The van der Waals surface area contributed by atoms with Crippen molar-refractivity contribution in [2.75, 3.05) is 24.7 Å². The third-order valence-electron chi connectivity index (χ3n) is 3.65. The molecule has 6 nitrogen and oxygen atoms in total. The fraction of sp³-hybridized carbons (Fsp3) is 0.500. The zero-order valence-corrected chi connectivity index (χ0v) is 14.1. The lowest BCUT2D eigenvalue weighted by molar-refractivity contribution is -0.119. The van der Waals surface area contributed by atoms with Gasteiger partial charge < -0.3 is 10.1 Å². The van der Waals surface area contributed by atoms with Crippen LogP contribution in [-0.4, -0.2) is 44.1 Å². The summed E-state index contributed by atoms with van der Waals surface area (Å²) in [4.78, 5) is 12.5. The van der Waals surface area contributed by atoms with Gasteiger partial charge in [0.2, 0.25) is 15.9 Å². The number of anilines is 1. The first kappa shape index (κ1) is 17.1. The molecule has 0 bridgehead atoms. The number of sulfonamides is 1.